The number of nitrogens with zero attached hydrogens (tertiary/aromatic N) is 3. The highest BCUT2D eigenvalue weighted by Gasteiger charge is 2.27. The van der Waals surface area contributed by atoms with Crippen molar-refractivity contribution in [3.63, 3.8) is 0 Å². The predicted molar refractivity (Wildman–Crippen MR) is 149 cm³/mol. The van der Waals surface area contributed by atoms with Crippen molar-refractivity contribution in [1.82, 2.24) is 14.8 Å². The number of benzene rings is 2. The fourth-order valence-electron chi connectivity index (χ4n) is 5.53. The number of halogens is 3. The Labute approximate surface area is 228 Å². The number of likely N-dealkylation sites (tertiary alicyclic amines) is 2. The minimum Gasteiger partial charge on any atom is -0.482 e. The van der Waals surface area contributed by atoms with Gasteiger partial charge in [0.2, 0.25) is 0 Å². The van der Waals surface area contributed by atoms with E-state index in [9.17, 15) is 4.39 Å². The summed E-state index contributed by atoms with van der Waals surface area (Å²) in [5, 5.41) is 0.277. The van der Waals surface area contributed by atoms with Gasteiger partial charge >= 0.3 is 0 Å². The lowest BCUT2D eigenvalue weighted by Gasteiger charge is -2.28. The second kappa shape index (κ2) is 11.6. The second-order valence-corrected chi connectivity index (χ2v) is 10.9. The number of nitrogen functional groups attached to an aromatic ring is 1. The molecule has 2 atom stereocenters. The van der Waals surface area contributed by atoms with E-state index in [-0.39, 0.29) is 10.8 Å². The van der Waals surface area contributed by atoms with Gasteiger partial charge in [-0.2, -0.15) is 0 Å². The van der Waals surface area contributed by atoms with E-state index in [4.69, 9.17) is 33.7 Å². The zero-order valence-electron chi connectivity index (χ0n) is 21.1. The number of ether oxygens (including phenoxy) is 1. The van der Waals surface area contributed by atoms with Crippen LogP contribution in [0.4, 0.5) is 10.2 Å². The van der Waals surface area contributed by atoms with Crippen molar-refractivity contribution < 1.29 is 9.13 Å². The number of pyridine rings is 1. The zero-order chi connectivity index (χ0) is 25.9. The fourth-order valence-corrected chi connectivity index (χ4v) is 6.21. The molecule has 0 saturated carbocycles. The summed E-state index contributed by atoms with van der Waals surface area (Å²) >= 11 is 12.5. The first-order valence-corrected chi connectivity index (χ1v) is 13.8. The van der Waals surface area contributed by atoms with Crippen molar-refractivity contribution in [3.05, 3.63) is 75.7 Å². The highest BCUT2D eigenvalue weighted by molar-refractivity contribution is 6.36. The summed E-state index contributed by atoms with van der Waals surface area (Å²) < 4.78 is 20.1. The van der Waals surface area contributed by atoms with Gasteiger partial charge in [-0.1, -0.05) is 41.4 Å². The molecule has 2 N–H and O–H groups in total. The van der Waals surface area contributed by atoms with Crippen molar-refractivity contribution in [2.45, 2.75) is 51.3 Å². The van der Waals surface area contributed by atoms with E-state index in [2.05, 4.69) is 39.0 Å². The number of hydrogen-bond donors (Lipinski definition) is 1. The van der Waals surface area contributed by atoms with Crippen molar-refractivity contribution in [2.24, 2.45) is 0 Å². The monoisotopic (exact) mass is 542 g/mol. The summed E-state index contributed by atoms with van der Waals surface area (Å²) in [4.78, 5) is 9.61. The largest absolute Gasteiger partial charge is 0.482 e. The molecule has 5 nitrogen and oxygen atoms in total. The normalized spacial score (nSPS) is 19.4. The molecule has 5 rings (SSSR count). The molecule has 1 aromatic heterocycles. The third kappa shape index (κ3) is 6.04. The molecule has 2 saturated heterocycles. The first-order chi connectivity index (χ1) is 17.9. The van der Waals surface area contributed by atoms with Gasteiger partial charge < -0.3 is 15.4 Å². The van der Waals surface area contributed by atoms with E-state index in [1.807, 2.05) is 6.07 Å². The summed E-state index contributed by atoms with van der Waals surface area (Å²) in [7, 11) is 0. The number of rotatable bonds is 8. The molecule has 196 valence electrons. The molecule has 2 aliphatic rings. The minimum atomic E-state index is -0.621. The quantitative estimate of drug-likeness (QED) is 0.311. The average Bonchev–Trinajstić information content (AvgIpc) is 3.56. The Kier molecular flexibility index (Phi) is 8.20. The minimum absolute atomic E-state index is 0.0552. The maximum Gasteiger partial charge on any atom is 0.166 e. The molecule has 0 radical (unpaired) electrons. The third-order valence-electron chi connectivity index (χ3n) is 7.48. The molecule has 0 amide bonds. The number of nitrogens with two attached hydrogens (primary N) is 1. The van der Waals surface area contributed by atoms with Crippen LogP contribution in [0, 0.1) is 5.82 Å². The van der Waals surface area contributed by atoms with Gasteiger partial charge in [0.05, 0.1) is 5.02 Å². The highest BCUT2D eigenvalue weighted by Crippen LogP contribution is 2.37. The molecular weight excluding hydrogens is 510 g/mol. The van der Waals surface area contributed by atoms with Gasteiger partial charge in [0, 0.05) is 41.5 Å². The third-order valence-corrected chi connectivity index (χ3v) is 8.20. The molecule has 0 bridgehead atoms. The SMILES string of the molecule is CC(Oc1cc(-c2cccc(CN3CCC[C@@H]3CN3CCCC3)c2)cnc1N)c1c(Cl)ccc(F)c1Cl. The second-order valence-electron chi connectivity index (χ2n) is 10.1. The Morgan fingerprint density at radius 2 is 1.89 bits per heavy atom. The van der Waals surface area contributed by atoms with E-state index in [1.165, 1.54) is 63.0 Å². The molecule has 3 heterocycles. The summed E-state index contributed by atoms with van der Waals surface area (Å²) in [5.41, 5.74) is 9.72. The van der Waals surface area contributed by atoms with Crippen molar-refractivity contribution in [3.8, 4) is 16.9 Å². The first kappa shape index (κ1) is 26.2. The van der Waals surface area contributed by atoms with Crippen molar-refractivity contribution >= 4 is 29.0 Å². The van der Waals surface area contributed by atoms with Crippen LogP contribution in [0.25, 0.3) is 11.1 Å². The van der Waals surface area contributed by atoms with Gasteiger partial charge in [0.1, 0.15) is 11.9 Å². The summed E-state index contributed by atoms with van der Waals surface area (Å²) in [5.74, 6) is 0.100. The fraction of sp³-hybridized carbons (Fsp3) is 0.414. The molecule has 8 heteroatoms. The molecule has 2 fully saturated rings. The number of anilines is 1. The van der Waals surface area contributed by atoms with E-state index in [0.29, 0.717) is 22.4 Å². The first-order valence-electron chi connectivity index (χ1n) is 13.0. The van der Waals surface area contributed by atoms with Crippen molar-refractivity contribution in [1.29, 1.82) is 0 Å². The van der Waals surface area contributed by atoms with Crippen LogP contribution in [0.15, 0.2) is 48.7 Å². The summed E-state index contributed by atoms with van der Waals surface area (Å²) in [6.45, 7) is 7.50. The van der Waals surface area contributed by atoms with Crippen LogP contribution < -0.4 is 10.5 Å². The van der Waals surface area contributed by atoms with Gasteiger partial charge in [-0.3, -0.25) is 4.90 Å². The van der Waals surface area contributed by atoms with E-state index < -0.39 is 11.9 Å². The number of aromatic nitrogens is 1. The van der Waals surface area contributed by atoms with E-state index in [0.717, 1.165) is 24.2 Å². The molecule has 3 aromatic rings. The lowest BCUT2D eigenvalue weighted by molar-refractivity contribution is 0.185. The van der Waals surface area contributed by atoms with E-state index in [1.54, 1.807) is 13.1 Å². The van der Waals surface area contributed by atoms with Gasteiger partial charge in [-0.25, -0.2) is 9.37 Å². The summed E-state index contributed by atoms with van der Waals surface area (Å²) in [6, 6.07) is 13.8. The van der Waals surface area contributed by atoms with Gasteiger partial charge in [-0.15, -0.1) is 0 Å². The van der Waals surface area contributed by atoms with Gasteiger partial charge in [0.15, 0.2) is 11.6 Å². The van der Waals surface area contributed by atoms with Crippen LogP contribution in [-0.4, -0.2) is 47.0 Å². The van der Waals surface area contributed by atoms with E-state index >= 15 is 0 Å². The Balaban J connectivity index is 1.32. The predicted octanol–water partition coefficient (Wildman–Crippen LogP) is 6.98. The Morgan fingerprint density at radius 3 is 2.70 bits per heavy atom. The van der Waals surface area contributed by atoms with Crippen LogP contribution in [0.3, 0.4) is 0 Å². The standard InChI is InChI=1S/C29H33Cl2FN4O/c1-19(27-24(30)9-10-25(32)28(27)31)37-26-15-22(16-34-29(26)33)21-7-4-6-20(14-21)17-36-13-5-8-23(36)18-35-11-2-3-12-35/h4,6-7,9-10,14-16,19,23H,2-3,5,8,11-13,17-18H2,1H3,(H2,33,34)/t19?,23-/m1/s1. The average molecular weight is 544 g/mol. The maximum atomic E-state index is 14.0. The molecule has 37 heavy (non-hydrogen) atoms. The smallest absolute Gasteiger partial charge is 0.166 e. The molecule has 0 spiro atoms. The molecular formula is C29H33Cl2FN4O. The number of hydrogen-bond acceptors (Lipinski definition) is 5. The Bertz CT molecular complexity index is 1250. The Morgan fingerprint density at radius 1 is 1.08 bits per heavy atom. The molecule has 2 aromatic carbocycles. The van der Waals surface area contributed by atoms with Crippen LogP contribution in [0.1, 0.15) is 49.8 Å². The topological polar surface area (TPSA) is 54.6 Å². The molecule has 2 aliphatic heterocycles. The van der Waals surface area contributed by atoms with Crippen LogP contribution in [0.2, 0.25) is 10.0 Å². The van der Waals surface area contributed by atoms with Crippen LogP contribution in [-0.2, 0) is 6.54 Å². The molecule has 0 aliphatic carbocycles. The zero-order valence-corrected chi connectivity index (χ0v) is 22.6. The lowest BCUT2D eigenvalue weighted by atomic mass is 10.0. The lowest BCUT2D eigenvalue weighted by Crippen LogP contribution is -2.38. The van der Waals surface area contributed by atoms with Gasteiger partial charge in [-0.05, 0) is 87.6 Å². The van der Waals surface area contributed by atoms with Crippen LogP contribution >= 0.6 is 23.2 Å². The summed E-state index contributed by atoms with van der Waals surface area (Å²) in [6.07, 6.45) is 6.33. The maximum absolute atomic E-state index is 14.0. The molecule has 1 unspecified atom stereocenters. The van der Waals surface area contributed by atoms with Gasteiger partial charge in [0.25, 0.3) is 0 Å². The van der Waals surface area contributed by atoms with Crippen LogP contribution in [0.5, 0.6) is 5.75 Å². The highest BCUT2D eigenvalue weighted by atomic mass is 35.5. The Hall–Kier alpha value is -2.38. The van der Waals surface area contributed by atoms with Crippen molar-refractivity contribution in [2.75, 3.05) is 31.9 Å².